The van der Waals surface area contributed by atoms with Crippen molar-refractivity contribution in [3.05, 3.63) is 194 Å². The number of hydrogen-bond acceptors (Lipinski definition) is 4. The van der Waals surface area contributed by atoms with E-state index >= 15 is 0 Å². The van der Waals surface area contributed by atoms with Gasteiger partial charge in [-0.3, -0.25) is 0 Å². The molecular formula is C51H32N4S. The van der Waals surface area contributed by atoms with Crippen molar-refractivity contribution >= 4 is 53.3 Å². The van der Waals surface area contributed by atoms with Crippen molar-refractivity contribution in [2.75, 3.05) is 0 Å². The molecule has 0 N–H and O–H groups in total. The number of fused-ring (bicyclic) bond motifs is 6. The molecule has 0 aliphatic heterocycles. The number of para-hydroxylation sites is 2. The van der Waals surface area contributed by atoms with E-state index in [1.807, 2.05) is 72.0 Å². The third-order valence-corrected chi connectivity index (χ3v) is 11.9. The smallest absolute Gasteiger partial charge is 0.164 e. The first-order valence-electron chi connectivity index (χ1n) is 18.8. The molecule has 8 aromatic carbocycles. The number of rotatable bonds is 6. The largest absolute Gasteiger partial charge is 0.309 e. The Labute approximate surface area is 327 Å². The molecule has 0 aliphatic rings. The second kappa shape index (κ2) is 13.3. The molecule has 0 saturated carbocycles. The predicted octanol–water partition coefficient (Wildman–Crippen LogP) is 13.7. The molecule has 4 nitrogen and oxygen atoms in total. The molecular weight excluding hydrogens is 701 g/mol. The van der Waals surface area contributed by atoms with Crippen molar-refractivity contribution in [1.82, 2.24) is 19.5 Å². The van der Waals surface area contributed by atoms with Gasteiger partial charge in [0.05, 0.1) is 11.0 Å². The highest BCUT2D eigenvalue weighted by molar-refractivity contribution is 7.26. The quantitative estimate of drug-likeness (QED) is 0.171. The van der Waals surface area contributed by atoms with Crippen LogP contribution >= 0.6 is 11.3 Å². The second-order valence-corrected chi connectivity index (χ2v) is 15.1. The van der Waals surface area contributed by atoms with E-state index in [9.17, 15) is 0 Å². The molecule has 0 spiro atoms. The number of aromatic nitrogens is 4. The third kappa shape index (κ3) is 5.40. The van der Waals surface area contributed by atoms with Crippen LogP contribution in [0, 0.1) is 0 Å². The summed E-state index contributed by atoms with van der Waals surface area (Å²) in [5.74, 6) is 1.98. The zero-order chi connectivity index (χ0) is 37.0. The summed E-state index contributed by atoms with van der Waals surface area (Å²) in [5.41, 5.74) is 11.3. The van der Waals surface area contributed by atoms with Crippen molar-refractivity contribution in [3.63, 3.8) is 0 Å². The van der Waals surface area contributed by atoms with Gasteiger partial charge in [-0.1, -0.05) is 158 Å². The van der Waals surface area contributed by atoms with Crippen LogP contribution in [0.5, 0.6) is 0 Å². The molecule has 0 fully saturated rings. The van der Waals surface area contributed by atoms with Gasteiger partial charge < -0.3 is 4.57 Å². The Balaban J connectivity index is 1.04. The Morgan fingerprint density at radius 1 is 0.339 bits per heavy atom. The van der Waals surface area contributed by atoms with Crippen LogP contribution in [0.3, 0.4) is 0 Å². The van der Waals surface area contributed by atoms with Crippen LogP contribution in [0.2, 0.25) is 0 Å². The van der Waals surface area contributed by atoms with Crippen LogP contribution in [-0.4, -0.2) is 19.5 Å². The van der Waals surface area contributed by atoms with Crippen molar-refractivity contribution < 1.29 is 0 Å². The van der Waals surface area contributed by atoms with E-state index in [0.29, 0.717) is 17.5 Å². The summed E-state index contributed by atoms with van der Waals surface area (Å²) < 4.78 is 4.83. The lowest BCUT2D eigenvalue weighted by Crippen LogP contribution is -1.99. The van der Waals surface area contributed by atoms with Gasteiger partial charge in [0.2, 0.25) is 0 Å². The van der Waals surface area contributed by atoms with Crippen molar-refractivity contribution in [3.8, 4) is 62.1 Å². The summed E-state index contributed by atoms with van der Waals surface area (Å²) in [7, 11) is 0. The van der Waals surface area contributed by atoms with Crippen LogP contribution in [0.4, 0.5) is 0 Å². The van der Waals surface area contributed by atoms with Crippen molar-refractivity contribution in [2.24, 2.45) is 0 Å². The summed E-state index contributed by atoms with van der Waals surface area (Å²) >= 11 is 1.83. The Kier molecular flexibility index (Phi) is 7.64. The van der Waals surface area contributed by atoms with E-state index in [0.717, 1.165) is 22.4 Å². The third-order valence-electron chi connectivity index (χ3n) is 10.7. The summed E-state index contributed by atoms with van der Waals surface area (Å²) in [6, 6.07) is 68.7. The summed E-state index contributed by atoms with van der Waals surface area (Å²) in [6.45, 7) is 0. The fourth-order valence-electron chi connectivity index (χ4n) is 8.05. The molecule has 0 bridgehead atoms. The Morgan fingerprint density at radius 2 is 0.893 bits per heavy atom. The SMILES string of the molecule is c1ccc(-c2nc(-c3ccccc3)nc(-c3ccc4c(c3)sc3c(-c5ccccc5-c5ccc6c(c5)c5ccccc5n6-c5ccccc5)cccc34)n2)cc1. The van der Waals surface area contributed by atoms with Gasteiger partial charge in [-0.05, 0) is 53.1 Å². The van der Waals surface area contributed by atoms with Gasteiger partial charge >= 0.3 is 0 Å². The monoisotopic (exact) mass is 732 g/mol. The number of hydrogen-bond donors (Lipinski definition) is 0. The first kappa shape index (κ1) is 32.2. The highest BCUT2D eigenvalue weighted by Gasteiger charge is 2.18. The first-order chi connectivity index (χ1) is 27.8. The molecule has 0 saturated heterocycles. The molecule has 0 aliphatic carbocycles. The average molecular weight is 733 g/mol. The maximum Gasteiger partial charge on any atom is 0.164 e. The van der Waals surface area contributed by atoms with Crippen LogP contribution in [0.1, 0.15) is 0 Å². The maximum absolute atomic E-state index is 5.01. The van der Waals surface area contributed by atoms with Gasteiger partial charge in [0, 0.05) is 58.9 Å². The normalized spacial score (nSPS) is 11.6. The number of thiophene rings is 1. The minimum atomic E-state index is 0.659. The van der Waals surface area contributed by atoms with E-state index in [1.54, 1.807) is 0 Å². The van der Waals surface area contributed by atoms with E-state index < -0.39 is 0 Å². The molecule has 5 heteroatoms. The zero-order valence-corrected chi connectivity index (χ0v) is 31.0. The zero-order valence-electron chi connectivity index (χ0n) is 30.2. The van der Waals surface area contributed by atoms with Gasteiger partial charge in [-0.25, -0.2) is 15.0 Å². The first-order valence-corrected chi connectivity index (χ1v) is 19.6. The minimum Gasteiger partial charge on any atom is -0.309 e. The predicted molar refractivity (Wildman–Crippen MR) is 234 cm³/mol. The topological polar surface area (TPSA) is 43.6 Å². The maximum atomic E-state index is 5.01. The van der Waals surface area contributed by atoms with Gasteiger partial charge in [-0.2, -0.15) is 0 Å². The summed E-state index contributed by atoms with van der Waals surface area (Å²) in [4.78, 5) is 14.9. The highest BCUT2D eigenvalue weighted by Crippen LogP contribution is 2.44. The number of nitrogens with zero attached hydrogens (tertiary/aromatic N) is 4. The molecule has 11 rings (SSSR count). The van der Waals surface area contributed by atoms with Crippen LogP contribution in [0.15, 0.2) is 194 Å². The lowest BCUT2D eigenvalue weighted by Gasteiger charge is -2.12. The number of benzene rings is 8. The summed E-state index contributed by atoms with van der Waals surface area (Å²) in [5, 5.41) is 4.96. The molecule has 0 atom stereocenters. The molecule has 262 valence electrons. The van der Waals surface area contributed by atoms with E-state index in [4.69, 9.17) is 15.0 Å². The van der Waals surface area contributed by atoms with Gasteiger partial charge in [-0.15, -0.1) is 11.3 Å². The molecule has 56 heavy (non-hydrogen) atoms. The lowest BCUT2D eigenvalue weighted by molar-refractivity contribution is 1.07. The van der Waals surface area contributed by atoms with Crippen LogP contribution < -0.4 is 0 Å². The Morgan fingerprint density at radius 3 is 1.62 bits per heavy atom. The highest BCUT2D eigenvalue weighted by atomic mass is 32.1. The fraction of sp³-hybridized carbons (Fsp3) is 0. The summed E-state index contributed by atoms with van der Waals surface area (Å²) in [6.07, 6.45) is 0. The lowest BCUT2D eigenvalue weighted by atomic mass is 9.93. The molecule has 11 aromatic rings. The Hall–Kier alpha value is -7.21. The van der Waals surface area contributed by atoms with Crippen molar-refractivity contribution in [2.45, 2.75) is 0 Å². The van der Waals surface area contributed by atoms with E-state index in [2.05, 4.69) is 138 Å². The second-order valence-electron chi connectivity index (χ2n) is 14.0. The minimum absolute atomic E-state index is 0.659. The molecule has 0 unspecified atom stereocenters. The fourth-order valence-corrected chi connectivity index (χ4v) is 9.32. The molecule has 3 aromatic heterocycles. The van der Waals surface area contributed by atoms with Gasteiger partial charge in [0.15, 0.2) is 17.5 Å². The molecule has 0 amide bonds. The van der Waals surface area contributed by atoms with Crippen LogP contribution in [0.25, 0.3) is 104 Å². The standard InChI is InChI=1S/C51H32N4S/c1-4-15-33(16-5-1)49-52-50(34-17-6-2-7-18-34)54-51(53-49)36-27-29-41-43-25-14-24-42(48(43)56-47(41)32-36)39-22-11-10-21-38(39)35-28-30-46-44(31-35)40-23-12-13-26-45(40)55(46)37-19-8-3-9-20-37/h1-32H. The van der Waals surface area contributed by atoms with Gasteiger partial charge in [0.1, 0.15) is 0 Å². The van der Waals surface area contributed by atoms with Crippen LogP contribution in [-0.2, 0) is 0 Å². The van der Waals surface area contributed by atoms with Crippen molar-refractivity contribution in [1.29, 1.82) is 0 Å². The van der Waals surface area contributed by atoms with Gasteiger partial charge in [0.25, 0.3) is 0 Å². The average Bonchev–Trinajstić information content (AvgIpc) is 3.82. The molecule has 3 heterocycles. The van der Waals surface area contributed by atoms with E-state index in [-0.39, 0.29) is 0 Å². The molecule has 0 radical (unpaired) electrons. The Bertz CT molecular complexity index is 3180. The van der Waals surface area contributed by atoms with E-state index in [1.165, 1.54) is 64.2 Å².